The van der Waals surface area contributed by atoms with Gasteiger partial charge < -0.3 is 0 Å². The van der Waals surface area contributed by atoms with E-state index in [-0.39, 0.29) is 5.82 Å². The lowest BCUT2D eigenvalue weighted by atomic mass is 9.48. The van der Waals surface area contributed by atoms with Crippen molar-refractivity contribution in [3.63, 3.8) is 0 Å². The zero-order chi connectivity index (χ0) is 34.0. The van der Waals surface area contributed by atoms with E-state index in [0.29, 0.717) is 35.5 Å². The highest BCUT2D eigenvalue weighted by Crippen LogP contribution is 2.66. The molecule has 3 aliphatic rings. The third kappa shape index (κ3) is 3.69. The van der Waals surface area contributed by atoms with Gasteiger partial charge in [-0.15, -0.1) is 0 Å². The quantitative estimate of drug-likeness (QED) is 0.127. The molecule has 0 saturated heterocycles. The van der Waals surface area contributed by atoms with Gasteiger partial charge in [0, 0.05) is 47.7 Å². The molecule has 1 aliphatic heterocycles. The first-order valence-electron chi connectivity index (χ1n) is 17.1. The summed E-state index contributed by atoms with van der Waals surface area (Å²) < 4.78 is 65.2. The Bertz CT molecular complexity index is 2210. The van der Waals surface area contributed by atoms with Crippen molar-refractivity contribution in [3.8, 4) is 22.6 Å². The van der Waals surface area contributed by atoms with E-state index in [9.17, 15) is 13.2 Å². The second-order valence-corrected chi connectivity index (χ2v) is 14.3. The van der Waals surface area contributed by atoms with E-state index >= 15 is 4.39 Å². The highest BCUT2D eigenvalue weighted by Gasteiger charge is 2.71. The summed E-state index contributed by atoms with van der Waals surface area (Å²) in [4.78, 5) is 0. The molecule has 0 N–H and O–H groups in total. The predicted molar refractivity (Wildman–Crippen MR) is 179 cm³/mol. The van der Waals surface area contributed by atoms with Gasteiger partial charge in [-0.2, -0.15) is 27.4 Å². The van der Waals surface area contributed by atoms with E-state index in [1.807, 2.05) is 42.1 Å². The molecule has 0 saturated carbocycles. The zero-order valence-electron chi connectivity index (χ0n) is 28.3. The van der Waals surface area contributed by atoms with E-state index in [1.165, 1.54) is 10.2 Å². The molecule has 0 spiro atoms. The first-order valence-corrected chi connectivity index (χ1v) is 17.1. The van der Waals surface area contributed by atoms with Gasteiger partial charge in [0.15, 0.2) is 18.1 Å². The summed E-state index contributed by atoms with van der Waals surface area (Å²) in [5.41, 5.74) is 4.54. The Morgan fingerprint density at radius 3 is 2.40 bits per heavy atom. The highest BCUT2D eigenvalue weighted by molar-refractivity contribution is 6.03. The maximum atomic E-state index is 16.4. The molecular formula is C40H40F4N4+2. The largest absolute Gasteiger partial charge is 0.435 e. The molecular weight excluding hydrogens is 612 g/mol. The van der Waals surface area contributed by atoms with Gasteiger partial charge in [-0.05, 0) is 53.5 Å². The number of aryl methyl sites for hydroxylation is 2. The molecule has 0 fully saturated rings. The predicted octanol–water partition coefficient (Wildman–Crippen LogP) is 8.94. The van der Waals surface area contributed by atoms with E-state index in [1.54, 1.807) is 6.07 Å². The number of halogens is 4. The lowest BCUT2D eigenvalue weighted by molar-refractivity contribution is -0.757. The number of aromatic nitrogens is 4. The SMILES string of the molecule is CCCCc1cc2c3c4[n+](ccc3c1)C1(CC)C=C(n3nc(C(F)(F)F)cc3-c3cccc[n+]3C)C1(CC)c1ccc(F)c(c1-4)C2(C)C. The first kappa shape index (κ1) is 31.0. The van der Waals surface area contributed by atoms with Gasteiger partial charge in [-0.3, -0.25) is 0 Å². The highest BCUT2D eigenvalue weighted by atomic mass is 19.4. The van der Waals surface area contributed by atoms with Crippen LogP contribution in [0.2, 0.25) is 0 Å². The van der Waals surface area contributed by atoms with E-state index in [2.05, 4.69) is 74.8 Å². The van der Waals surface area contributed by atoms with E-state index in [0.717, 1.165) is 58.5 Å². The molecule has 2 unspecified atom stereocenters. The minimum atomic E-state index is -4.63. The average Bonchev–Trinajstić information content (AvgIpc) is 3.48. The van der Waals surface area contributed by atoms with Crippen molar-refractivity contribution in [2.24, 2.45) is 7.05 Å². The maximum absolute atomic E-state index is 16.4. The number of nitrogens with zero attached hydrogens (tertiary/aromatic N) is 4. The van der Waals surface area contributed by atoms with Gasteiger partial charge in [0.25, 0.3) is 0 Å². The van der Waals surface area contributed by atoms with Gasteiger partial charge in [-0.25, -0.2) is 9.07 Å². The zero-order valence-corrected chi connectivity index (χ0v) is 28.3. The van der Waals surface area contributed by atoms with Crippen molar-refractivity contribution in [1.82, 2.24) is 9.78 Å². The number of fused-ring (bicyclic) bond motifs is 3. The second-order valence-electron chi connectivity index (χ2n) is 14.3. The Hall–Kier alpha value is -4.33. The summed E-state index contributed by atoms with van der Waals surface area (Å²) >= 11 is 0. The molecule has 2 atom stereocenters. The van der Waals surface area contributed by atoms with Gasteiger partial charge in [-0.1, -0.05) is 59.2 Å². The van der Waals surface area contributed by atoms with Crippen LogP contribution in [0.4, 0.5) is 17.6 Å². The van der Waals surface area contributed by atoms with Crippen LogP contribution in [0.1, 0.15) is 88.2 Å². The normalized spacial score (nSPS) is 21.6. The van der Waals surface area contributed by atoms with Crippen molar-refractivity contribution in [1.29, 1.82) is 0 Å². The third-order valence-electron chi connectivity index (χ3n) is 11.7. The third-order valence-corrected chi connectivity index (χ3v) is 11.7. The molecule has 4 heterocycles. The fourth-order valence-corrected chi connectivity index (χ4v) is 9.42. The molecule has 48 heavy (non-hydrogen) atoms. The smallest absolute Gasteiger partial charge is 0.229 e. The maximum Gasteiger partial charge on any atom is 0.435 e. The molecule has 4 nitrogen and oxygen atoms in total. The van der Waals surface area contributed by atoms with Crippen LogP contribution in [-0.2, 0) is 36.0 Å². The topological polar surface area (TPSA) is 25.6 Å². The molecule has 0 bridgehead atoms. The Kier molecular flexibility index (Phi) is 6.51. The van der Waals surface area contributed by atoms with Crippen LogP contribution in [0.15, 0.2) is 73.1 Å². The average molecular weight is 653 g/mol. The Labute approximate surface area is 278 Å². The summed E-state index contributed by atoms with van der Waals surface area (Å²) in [5.74, 6) is -0.262. The lowest BCUT2D eigenvalue weighted by Crippen LogP contribution is -2.74. The van der Waals surface area contributed by atoms with Crippen LogP contribution in [0.25, 0.3) is 39.1 Å². The minimum Gasteiger partial charge on any atom is -0.229 e. The molecule has 246 valence electrons. The number of benzene rings is 2. The Morgan fingerprint density at radius 1 is 0.917 bits per heavy atom. The number of unbranched alkanes of at least 4 members (excludes halogenated alkanes) is 1. The summed E-state index contributed by atoms with van der Waals surface area (Å²) in [5, 5.41) is 6.56. The van der Waals surface area contributed by atoms with Crippen molar-refractivity contribution in [2.45, 2.75) is 89.3 Å². The molecule has 2 aromatic carbocycles. The van der Waals surface area contributed by atoms with Crippen molar-refractivity contribution >= 4 is 16.5 Å². The van der Waals surface area contributed by atoms with E-state index < -0.39 is 28.2 Å². The van der Waals surface area contributed by atoms with Gasteiger partial charge in [0.2, 0.25) is 16.9 Å². The number of hydrogen-bond donors (Lipinski definition) is 0. The van der Waals surface area contributed by atoms with Crippen molar-refractivity contribution < 1.29 is 26.7 Å². The Balaban J connectivity index is 1.49. The second kappa shape index (κ2) is 10.1. The molecule has 2 aliphatic carbocycles. The molecule has 5 aromatic rings. The van der Waals surface area contributed by atoms with Crippen LogP contribution < -0.4 is 9.13 Å². The number of alkyl halides is 3. The van der Waals surface area contributed by atoms with Gasteiger partial charge >= 0.3 is 6.18 Å². The van der Waals surface area contributed by atoms with Crippen molar-refractivity contribution in [3.05, 3.63) is 107 Å². The van der Waals surface area contributed by atoms with Crippen LogP contribution in [-0.4, -0.2) is 9.78 Å². The number of rotatable bonds is 7. The molecule has 8 heteroatoms. The summed E-state index contributed by atoms with van der Waals surface area (Å²) in [7, 11) is 1.82. The molecule has 0 radical (unpaired) electrons. The van der Waals surface area contributed by atoms with Crippen molar-refractivity contribution in [2.75, 3.05) is 0 Å². The molecule has 3 aromatic heterocycles. The van der Waals surface area contributed by atoms with Crippen LogP contribution in [0.3, 0.4) is 0 Å². The van der Waals surface area contributed by atoms with Crippen LogP contribution in [0, 0.1) is 5.82 Å². The van der Waals surface area contributed by atoms with Gasteiger partial charge in [0.05, 0.1) is 16.6 Å². The number of pyridine rings is 2. The van der Waals surface area contributed by atoms with E-state index in [4.69, 9.17) is 0 Å². The fraction of sp³-hybridized carbons (Fsp3) is 0.375. The van der Waals surface area contributed by atoms with Crippen LogP contribution in [0.5, 0.6) is 0 Å². The molecule has 0 amide bonds. The first-order chi connectivity index (χ1) is 22.9. The summed E-state index contributed by atoms with van der Waals surface area (Å²) in [6.45, 7) is 10.6. The van der Waals surface area contributed by atoms with Gasteiger partial charge in [0.1, 0.15) is 24.0 Å². The Morgan fingerprint density at radius 2 is 1.71 bits per heavy atom. The number of hydrogen-bond acceptors (Lipinski definition) is 1. The summed E-state index contributed by atoms with van der Waals surface area (Å²) in [6, 6.07) is 16.8. The molecule has 8 rings (SSSR count). The standard InChI is InChI=1S/C40H40F4N4/c1-7-10-13-24-20-25-17-19-47-36-33(25)27(21-24)37(4,5)35-28(41)16-15-26(34(35)36)39(9-3)32(23-38(39,47)8-2)48-30(22-31(45-48)40(42,43)44)29-14-11-12-18-46(29)6/h11-12,14-23H,7-10,13H2,1-6H3/q+2. The number of allylic oxidation sites excluding steroid dienone is 2. The minimum absolute atomic E-state index is 0.262. The fourth-order valence-electron chi connectivity index (χ4n) is 9.42. The van der Waals surface area contributed by atoms with Crippen LogP contribution >= 0.6 is 0 Å². The monoisotopic (exact) mass is 652 g/mol. The summed E-state index contributed by atoms with van der Waals surface area (Å²) in [6.07, 6.45) is 5.86. The lowest BCUT2D eigenvalue weighted by Gasteiger charge is -2.57.